The van der Waals surface area contributed by atoms with Gasteiger partial charge in [0.25, 0.3) is 0 Å². The Morgan fingerprint density at radius 1 is 1.23 bits per heavy atom. The lowest BCUT2D eigenvalue weighted by molar-refractivity contribution is -0.122. The minimum Gasteiger partial charge on any atom is -0.495 e. The summed E-state index contributed by atoms with van der Waals surface area (Å²) in [6.45, 7) is 0.699. The van der Waals surface area contributed by atoms with E-state index in [0.717, 1.165) is 38.5 Å². The van der Waals surface area contributed by atoms with E-state index >= 15 is 0 Å². The van der Waals surface area contributed by atoms with Crippen LogP contribution in [0.2, 0.25) is 0 Å². The molecule has 0 radical (unpaired) electrons. The summed E-state index contributed by atoms with van der Waals surface area (Å²) in [5.74, 6) is 2.42. The van der Waals surface area contributed by atoms with Crippen molar-refractivity contribution in [2.45, 2.75) is 12.8 Å². The van der Waals surface area contributed by atoms with Gasteiger partial charge in [-0.3, -0.25) is 14.1 Å². The van der Waals surface area contributed by atoms with Crippen LogP contribution in [0.4, 0.5) is 16.0 Å². The number of amides is 1. The highest BCUT2D eigenvalue weighted by molar-refractivity contribution is 9.10. The first-order valence-corrected chi connectivity index (χ1v) is 13.5. The summed E-state index contributed by atoms with van der Waals surface area (Å²) in [7, 11) is 1.62. The highest BCUT2D eigenvalue weighted by Crippen LogP contribution is 2.36. The van der Waals surface area contributed by atoms with Crippen molar-refractivity contribution in [3.8, 4) is 22.1 Å². The highest BCUT2D eigenvalue weighted by atomic mass is 79.9. The van der Waals surface area contributed by atoms with Crippen LogP contribution in [0.25, 0.3) is 16.4 Å². The zero-order chi connectivity index (χ0) is 24.4. The van der Waals surface area contributed by atoms with Gasteiger partial charge in [0.1, 0.15) is 11.6 Å². The van der Waals surface area contributed by atoms with Gasteiger partial charge >= 0.3 is 0 Å². The van der Waals surface area contributed by atoms with Gasteiger partial charge in [-0.1, -0.05) is 28.1 Å². The SMILES string of the molecule is COc1ccc(N2CCC2=O)cc1-n1c(NSCCc2ccc(F)cc2Br)nnc1-c1cccs1. The molecule has 0 unspecified atom stereocenters. The monoisotopic (exact) mass is 573 g/mol. The second kappa shape index (κ2) is 10.4. The number of aryl methyl sites for hydroxylation is 1. The van der Waals surface area contributed by atoms with Crippen LogP contribution in [0, 0.1) is 5.82 Å². The summed E-state index contributed by atoms with van der Waals surface area (Å²) in [6, 6.07) is 14.3. The van der Waals surface area contributed by atoms with E-state index in [0.29, 0.717) is 30.5 Å². The molecule has 1 saturated heterocycles. The van der Waals surface area contributed by atoms with Crippen molar-refractivity contribution in [3.63, 3.8) is 0 Å². The first kappa shape index (κ1) is 23.8. The molecule has 180 valence electrons. The largest absolute Gasteiger partial charge is 0.495 e. The number of anilines is 2. The maximum atomic E-state index is 13.4. The van der Waals surface area contributed by atoms with Crippen LogP contribution in [-0.4, -0.2) is 40.1 Å². The average molecular weight is 575 g/mol. The fraction of sp³-hybridized carbons (Fsp3) is 0.208. The summed E-state index contributed by atoms with van der Waals surface area (Å²) in [5.41, 5.74) is 2.57. The first-order chi connectivity index (χ1) is 17.0. The van der Waals surface area contributed by atoms with E-state index in [9.17, 15) is 9.18 Å². The van der Waals surface area contributed by atoms with Crippen LogP contribution < -0.4 is 14.4 Å². The molecule has 0 aliphatic carbocycles. The molecule has 35 heavy (non-hydrogen) atoms. The summed E-state index contributed by atoms with van der Waals surface area (Å²) in [6.07, 6.45) is 1.29. The predicted octanol–water partition coefficient (Wildman–Crippen LogP) is 5.95. The van der Waals surface area contributed by atoms with Crippen molar-refractivity contribution >= 4 is 56.8 Å². The smallest absolute Gasteiger partial charge is 0.239 e. The van der Waals surface area contributed by atoms with Gasteiger partial charge in [-0.05, 0) is 65.7 Å². The molecule has 2 aromatic carbocycles. The molecule has 1 N–H and O–H groups in total. The normalized spacial score (nSPS) is 13.1. The maximum Gasteiger partial charge on any atom is 0.239 e. The number of nitrogens with zero attached hydrogens (tertiary/aromatic N) is 4. The number of β-lactam (4-membered cyclic amide) rings is 1. The van der Waals surface area contributed by atoms with Crippen molar-refractivity contribution in [1.29, 1.82) is 0 Å². The summed E-state index contributed by atoms with van der Waals surface area (Å²) < 4.78 is 25.0. The number of nitrogens with one attached hydrogen (secondary N) is 1. The van der Waals surface area contributed by atoms with Gasteiger partial charge in [0.2, 0.25) is 11.9 Å². The molecule has 1 aliphatic heterocycles. The highest BCUT2D eigenvalue weighted by Gasteiger charge is 2.27. The maximum absolute atomic E-state index is 13.4. The molecule has 3 heterocycles. The van der Waals surface area contributed by atoms with Crippen molar-refractivity contribution in [3.05, 3.63) is 69.8 Å². The molecule has 11 heteroatoms. The molecular weight excluding hydrogens is 553 g/mol. The number of hydrogen-bond donors (Lipinski definition) is 1. The Morgan fingerprint density at radius 3 is 2.80 bits per heavy atom. The Morgan fingerprint density at radius 2 is 2.11 bits per heavy atom. The Kier molecular flexibility index (Phi) is 7.07. The first-order valence-electron chi connectivity index (χ1n) is 10.8. The van der Waals surface area contributed by atoms with Gasteiger partial charge < -0.3 is 9.64 Å². The van der Waals surface area contributed by atoms with E-state index in [1.165, 1.54) is 24.1 Å². The number of halogens is 2. The van der Waals surface area contributed by atoms with Crippen LogP contribution in [0.1, 0.15) is 12.0 Å². The lowest BCUT2D eigenvalue weighted by Gasteiger charge is -2.31. The molecule has 0 spiro atoms. The molecule has 1 fully saturated rings. The number of ether oxygens (including phenoxy) is 1. The molecule has 5 rings (SSSR count). The van der Waals surface area contributed by atoms with Crippen molar-refractivity contribution in [2.24, 2.45) is 0 Å². The summed E-state index contributed by atoms with van der Waals surface area (Å²) in [4.78, 5) is 14.8. The van der Waals surface area contributed by atoms with Crippen LogP contribution in [0.3, 0.4) is 0 Å². The fourth-order valence-corrected chi connectivity index (χ4v) is 5.69. The van der Waals surface area contributed by atoms with Crippen LogP contribution in [-0.2, 0) is 11.2 Å². The van der Waals surface area contributed by atoms with E-state index in [4.69, 9.17) is 4.74 Å². The van der Waals surface area contributed by atoms with Crippen LogP contribution in [0.5, 0.6) is 5.75 Å². The number of rotatable bonds is 9. The standard InChI is InChI=1S/C24H21BrFN5O2S2/c1-33-20-7-6-17(30-10-8-22(30)32)14-19(20)31-23(21-3-2-11-34-21)27-28-24(31)29-35-12-9-15-4-5-16(26)13-18(15)25/h2-7,11,13-14H,8-10,12H2,1H3,(H,28,29). The topological polar surface area (TPSA) is 72.3 Å². The third kappa shape index (κ3) is 4.93. The Labute approximate surface area is 218 Å². The lowest BCUT2D eigenvalue weighted by atomic mass is 10.1. The zero-order valence-corrected chi connectivity index (χ0v) is 21.9. The van der Waals surface area contributed by atoms with Crippen molar-refractivity contribution in [1.82, 2.24) is 14.8 Å². The van der Waals surface area contributed by atoms with Crippen LogP contribution >= 0.6 is 39.2 Å². The second-order valence-corrected chi connectivity index (χ2v) is 10.5. The van der Waals surface area contributed by atoms with Gasteiger partial charge in [-0.2, -0.15) is 0 Å². The molecule has 0 atom stereocenters. The number of thiophene rings is 1. The molecule has 1 amide bonds. The van der Waals surface area contributed by atoms with Crippen molar-refractivity contribution in [2.75, 3.05) is 29.0 Å². The van der Waals surface area contributed by atoms with E-state index in [1.807, 2.05) is 40.3 Å². The number of benzene rings is 2. The Hall–Kier alpha value is -2.89. The third-order valence-corrected chi connectivity index (χ3v) is 7.96. The fourth-order valence-electron chi connectivity index (χ4n) is 3.75. The number of carbonyl (C=O) groups excluding carboxylic acids is 1. The molecule has 4 aromatic rings. The lowest BCUT2D eigenvalue weighted by Crippen LogP contribution is -2.43. The molecule has 0 saturated carbocycles. The number of aromatic nitrogens is 3. The van der Waals surface area contributed by atoms with Gasteiger partial charge in [0.15, 0.2) is 5.82 Å². The van der Waals surface area contributed by atoms with Crippen LogP contribution in [0.15, 0.2) is 58.4 Å². The number of hydrogen-bond acceptors (Lipinski definition) is 7. The molecule has 2 aromatic heterocycles. The number of methoxy groups -OCH3 is 1. The Balaban J connectivity index is 1.44. The third-order valence-electron chi connectivity index (χ3n) is 5.62. The summed E-state index contributed by atoms with van der Waals surface area (Å²) in [5, 5.41) is 10.9. The molecule has 1 aliphatic rings. The second-order valence-electron chi connectivity index (χ2n) is 7.75. The van der Waals surface area contributed by atoms with Crippen molar-refractivity contribution < 1.29 is 13.9 Å². The van der Waals surface area contributed by atoms with Gasteiger partial charge in [-0.15, -0.1) is 21.5 Å². The quantitative estimate of drug-likeness (QED) is 0.152. The van der Waals surface area contributed by atoms with Gasteiger partial charge in [0, 0.05) is 28.9 Å². The molecule has 0 bridgehead atoms. The van der Waals surface area contributed by atoms with E-state index in [1.54, 1.807) is 29.4 Å². The number of carbonyl (C=O) groups is 1. The summed E-state index contributed by atoms with van der Waals surface area (Å²) >= 11 is 6.48. The molecular formula is C24H21BrFN5O2S2. The Bertz CT molecular complexity index is 1360. The minimum atomic E-state index is -0.267. The van der Waals surface area contributed by atoms with Gasteiger partial charge in [0.05, 0.1) is 17.7 Å². The predicted molar refractivity (Wildman–Crippen MR) is 142 cm³/mol. The zero-order valence-electron chi connectivity index (χ0n) is 18.7. The average Bonchev–Trinajstić information content (AvgIpc) is 3.52. The van der Waals surface area contributed by atoms with Gasteiger partial charge in [-0.25, -0.2) is 4.39 Å². The van der Waals surface area contributed by atoms with E-state index in [2.05, 4.69) is 30.8 Å². The minimum absolute atomic E-state index is 0.101. The van der Waals surface area contributed by atoms with E-state index in [-0.39, 0.29) is 11.7 Å². The van der Waals surface area contributed by atoms with E-state index < -0.39 is 0 Å². The molecule has 7 nitrogen and oxygen atoms in total.